The first kappa shape index (κ1) is 25.9. The van der Waals surface area contributed by atoms with Crippen LogP contribution in [-0.4, -0.2) is 52.4 Å². The van der Waals surface area contributed by atoms with Gasteiger partial charge in [-0.2, -0.15) is 0 Å². The third-order valence-corrected chi connectivity index (χ3v) is 6.66. The molecule has 0 aromatic heterocycles. The zero-order valence-corrected chi connectivity index (χ0v) is 19.4. The lowest BCUT2D eigenvalue weighted by Crippen LogP contribution is -2.49. The molecule has 0 aromatic rings. The van der Waals surface area contributed by atoms with Crippen LogP contribution < -0.4 is 4.72 Å². The first-order valence-electron chi connectivity index (χ1n) is 10.8. The third kappa shape index (κ3) is 15.0. The highest BCUT2D eigenvalue weighted by Crippen LogP contribution is 2.19. The molecule has 0 aromatic carbocycles. The van der Waals surface area contributed by atoms with Crippen LogP contribution in [0.1, 0.15) is 91.9 Å². The SMILES string of the molecule is CCCCCCCCCCCCS(=O)(=O)NCC(C)(C)C[N+](C)(C)CC. The van der Waals surface area contributed by atoms with E-state index < -0.39 is 10.0 Å². The Morgan fingerprint density at radius 3 is 1.73 bits per heavy atom. The molecule has 4 nitrogen and oxygen atoms in total. The lowest BCUT2D eigenvalue weighted by Gasteiger charge is -2.36. The van der Waals surface area contributed by atoms with Gasteiger partial charge in [0.2, 0.25) is 10.0 Å². The van der Waals surface area contributed by atoms with Gasteiger partial charge in [-0.15, -0.1) is 0 Å². The van der Waals surface area contributed by atoms with Crippen LogP contribution in [0, 0.1) is 5.41 Å². The number of rotatable bonds is 17. The standard InChI is InChI=1S/C21H47N2O2S/c1-7-9-10-11-12-13-14-15-16-17-18-26(24,25)22-19-21(3,4)20-23(5,6)8-2/h22H,7-20H2,1-6H3/q+1. The van der Waals surface area contributed by atoms with Crippen LogP contribution >= 0.6 is 0 Å². The van der Waals surface area contributed by atoms with E-state index in [1.807, 2.05) is 0 Å². The van der Waals surface area contributed by atoms with Gasteiger partial charge in [0.25, 0.3) is 0 Å². The van der Waals surface area contributed by atoms with Crippen molar-refractivity contribution in [1.82, 2.24) is 4.72 Å². The van der Waals surface area contributed by atoms with E-state index in [1.54, 1.807) is 0 Å². The molecule has 0 spiro atoms. The van der Waals surface area contributed by atoms with Crippen LogP contribution in [0.5, 0.6) is 0 Å². The molecule has 0 bridgehead atoms. The van der Waals surface area contributed by atoms with Crippen molar-refractivity contribution in [2.24, 2.45) is 5.41 Å². The summed E-state index contributed by atoms with van der Waals surface area (Å²) in [7, 11) is 1.25. The summed E-state index contributed by atoms with van der Waals surface area (Å²) in [5.41, 5.74) is -0.0373. The highest BCUT2D eigenvalue weighted by Gasteiger charge is 2.28. The van der Waals surface area contributed by atoms with Crippen molar-refractivity contribution in [3.8, 4) is 0 Å². The highest BCUT2D eigenvalue weighted by molar-refractivity contribution is 7.89. The van der Waals surface area contributed by atoms with Gasteiger partial charge in [0.05, 0.1) is 32.9 Å². The van der Waals surface area contributed by atoms with E-state index in [0.29, 0.717) is 6.54 Å². The second-order valence-electron chi connectivity index (χ2n) is 9.40. The lowest BCUT2D eigenvalue weighted by atomic mass is 9.92. The van der Waals surface area contributed by atoms with Gasteiger partial charge in [-0.25, -0.2) is 13.1 Å². The van der Waals surface area contributed by atoms with Crippen molar-refractivity contribution >= 4 is 10.0 Å². The molecule has 0 aliphatic carbocycles. The predicted molar refractivity (Wildman–Crippen MR) is 115 cm³/mol. The molecule has 0 rings (SSSR count). The number of nitrogens with zero attached hydrogens (tertiary/aromatic N) is 1. The van der Waals surface area contributed by atoms with Crippen LogP contribution in [0.15, 0.2) is 0 Å². The molecule has 0 heterocycles. The molecule has 0 unspecified atom stereocenters. The molecule has 0 fully saturated rings. The lowest BCUT2D eigenvalue weighted by molar-refractivity contribution is -0.894. The van der Waals surface area contributed by atoms with Crippen molar-refractivity contribution in [3.63, 3.8) is 0 Å². The summed E-state index contributed by atoms with van der Waals surface area (Å²) in [6.45, 7) is 11.2. The first-order valence-corrected chi connectivity index (χ1v) is 12.5. The molecule has 1 N–H and O–H groups in total. The van der Waals surface area contributed by atoms with Crippen LogP contribution in [0.25, 0.3) is 0 Å². The summed E-state index contributed by atoms with van der Waals surface area (Å²) < 4.78 is 28.2. The number of quaternary nitrogens is 1. The van der Waals surface area contributed by atoms with Crippen molar-refractivity contribution < 1.29 is 12.9 Å². The van der Waals surface area contributed by atoms with Gasteiger partial charge in [-0.05, 0) is 13.3 Å². The van der Waals surface area contributed by atoms with Crippen molar-refractivity contribution in [2.75, 3.05) is 39.5 Å². The second-order valence-corrected chi connectivity index (χ2v) is 11.3. The number of sulfonamides is 1. The normalized spacial score (nSPS) is 13.3. The molecular weight excluding hydrogens is 344 g/mol. The number of hydrogen-bond acceptors (Lipinski definition) is 2. The Hall–Kier alpha value is -0.130. The molecule has 0 saturated heterocycles. The Labute approximate surface area is 164 Å². The van der Waals surface area contributed by atoms with Gasteiger partial charge >= 0.3 is 0 Å². The summed E-state index contributed by atoms with van der Waals surface area (Å²) in [5.74, 6) is 0.269. The van der Waals surface area contributed by atoms with Gasteiger partial charge < -0.3 is 4.48 Å². The maximum Gasteiger partial charge on any atom is 0.211 e. The molecule has 0 aliphatic rings. The summed E-state index contributed by atoms with van der Waals surface area (Å²) in [5, 5.41) is 0. The number of hydrogen-bond donors (Lipinski definition) is 1. The average Bonchev–Trinajstić information content (AvgIpc) is 2.54. The minimum absolute atomic E-state index is 0.0373. The van der Waals surface area contributed by atoms with E-state index in [9.17, 15) is 8.42 Å². The minimum Gasteiger partial charge on any atom is -0.328 e. The van der Waals surface area contributed by atoms with Gasteiger partial charge in [0.1, 0.15) is 0 Å². The summed E-state index contributed by atoms with van der Waals surface area (Å²) in [6, 6.07) is 0. The third-order valence-electron chi connectivity index (χ3n) is 5.25. The Kier molecular flexibility index (Phi) is 13.0. The Morgan fingerprint density at radius 2 is 1.27 bits per heavy atom. The predicted octanol–water partition coefficient (Wildman–Crippen LogP) is 4.95. The van der Waals surface area contributed by atoms with Crippen LogP contribution in [0.4, 0.5) is 0 Å². The van der Waals surface area contributed by atoms with Crippen LogP contribution in [0.3, 0.4) is 0 Å². The molecule has 158 valence electrons. The highest BCUT2D eigenvalue weighted by atomic mass is 32.2. The fourth-order valence-corrected chi connectivity index (χ4v) is 4.82. The zero-order valence-electron chi connectivity index (χ0n) is 18.6. The van der Waals surface area contributed by atoms with Crippen LogP contribution in [-0.2, 0) is 10.0 Å². The Balaban J connectivity index is 3.85. The van der Waals surface area contributed by atoms with Crippen molar-refractivity contribution in [3.05, 3.63) is 0 Å². The van der Waals surface area contributed by atoms with E-state index in [-0.39, 0.29) is 11.2 Å². The van der Waals surface area contributed by atoms with Crippen LogP contribution in [0.2, 0.25) is 0 Å². The topological polar surface area (TPSA) is 46.2 Å². The van der Waals surface area contributed by atoms with E-state index in [1.165, 1.54) is 44.9 Å². The Bertz CT molecular complexity index is 445. The van der Waals surface area contributed by atoms with Gasteiger partial charge in [-0.1, -0.05) is 78.6 Å². The Morgan fingerprint density at radius 1 is 0.808 bits per heavy atom. The summed E-state index contributed by atoms with van der Waals surface area (Å²) >= 11 is 0. The molecule has 0 amide bonds. The van der Waals surface area contributed by atoms with E-state index in [0.717, 1.165) is 36.8 Å². The monoisotopic (exact) mass is 391 g/mol. The molecule has 5 heteroatoms. The number of unbranched alkanes of at least 4 members (excludes halogenated alkanes) is 9. The molecule has 0 radical (unpaired) electrons. The van der Waals surface area contributed by atoms with Gasteiger partial charge in [0, 0.05) is 12.0 Å². The summed E-state index contributed by atoms with van der Waals surface area (Å²) in [4.78, 5) is 0. The van der Waals surface area contributed by atoms with E-state index in [2.05, 4.69) is 46.5 Å². The minimum atomic E-state index is -3.14. The number of nitrogens with one attached hydrogen (secondary N) is 1. The van der Waals surface area contributed by atoms with Crippen molar-refractivity contribution in [2.45, 2.75) is 91.9 Å². The maximum absolute atomic E-state index is 12.2. The molecule has 0 saturated carbocycles. The average molecular weight is 392 g/mol. The summed E-state index contributed by atoms with van der Waals surface area (Å²) in [6.07, 6.45) is 12.2. The smallest absolute Gasteiger partial charge is 0.211 e. The molecule has 0 atom stereocenters. The first-order chi connectivity index (χ1) is 12.0. The molecule has 0 aliphatic heterocycles. The molecular formula is C21H47N2O2S+. The van der Waals surface area contributed by atoms with Gasteiger partial charge in [0.15, 0.2) is 0 Å². The fourth-order valence-electron chi connectivity index (χ4n) is 3.48. The van der Waals surface area contributed by atoms with E-state index in [4.69, 9.17) is 0 Å². The molecule has 26 heavy (non-hydrogen) atoms. The quantitative estimate of drug-likeness (QED) is 0.282. The van der Waals surface area contributed by atoms with Gasteiger partial charge in [-0.3, -0.25) is 0 Å². The largest absolute Gasteiger partial charge is 0.328 e. The maximum atomic E-state index is 12.2. The van der Waals surface area contributed by atoms with E-state index >= 15 is 0 Å². The fraction of sp³-hybridized carbons (Fsp3) is 1.00. The van der Waals surface area contributed by atoms with Crippen molar-refractivity contribution in [1.29, 1.82) is 0 Å². The second kappa shape index (κ2) is 13.1. The zero-order chi connectivity index (χ0) is 20.1.